The molecular weight excluding hydrogens is 793 g/mol. The van der Waals surface area contributed by atoms with Gasteiger partial charge in [-0.3, -0.25) is 24.0 Å². The SMILES string of the molecule is CC[C@H](C)C([C@@H](CC(=O)N1CCC[C@H]1[C@H](OC)[C@@H](C)C(=O)N[C@@H](Cc1ccccc1)C(=O)OC)OC)N(C)C(=O)[C@@H](NC(=O)C(C(C)C)N(C)C(=O)[C@H](CC(C)C)NC)C(C)C. The minimum Gasteiger partial charge on any atom is -0.467 e. The number of amides is 5. The van der Waals surface area contributed by atoms with Crippen LogP contribution in [0.3, 0.4) is 0 Å². The predicted molar refractivity (Wildman–Crippen MR) is 241 cm³/mol. The first-order chi connectivity index (χ1) is 29.2. The smallest absolute Gasteiger partial charge is 0.328 e. The normalized spacial score (nSPS) is 18.5. The van der Waals surface area contributed by atoms with Gasteiger partial charge in [0.2, 0.25) is 29.5 Å². The molecule has 2 unspecified atom stereocenters. The Kier molecular flexibility index (Phi) is 22.6. The van der Waals surface area contributed by atoms with Gasteiger partial charge < -0.3 is 44.9 Å². The second-order valence-corrected chi connectivity index (χ2v) is 18.2. The highest BCUT2D eigenvalue weighted by atomic mass is 16.5. The standard InChI is InChI=1S/C47H80N6O9/c1-16-31(8)41(52(12)46(58)39(29(4)5)50-44(56)40(30(6)7)51(11)45(57)34(48-10)25-28(2)3)37(60-13)27-38(54)53-24-20-23-36(53)42(61-14)32(9)43(55)49-35(47(59)62-15)26-33-21-18-17-19-22-33/h17-19,21-22,28-32,34-37,39-42,48H,16,20,23-27H2,1-15H3,(H,49,55)(H,50,56)/t31-,32+,34-,35-,36-,37+,39-,40?,41?,42+/m0/s1. The van der Waals surface area contributed by atoms with E-state index < -0.39 is 72.2 Å². The quantitative estimate of drug-likeness (QED) is 0.122. The first kappa shape index (κ1) is 54.1. The number of carbonyl (C=O) groups excluding carboxylic acids is 6. The lowest BCUT2D eigenvalue weighted by molar-refractivity contribution is -0.149. The molecule has 3 N–H and O–H groups in total. The van der Waals surface area contributed by atoms with E-state index >= 15 is 0 Å². The Labute approximate surface area is 372 Å². The van der Waals surface area contributed by atoms with Crippen molar-refractivity contribution in [2.75, 3.05) is 49.0 Å². The average molecular weight is 873 g/mol. The van der Waals surface area contributed by atoms with Gasteiger partial charge in [-0.15, -0.1) is 0 Å². The second-order valence-electron chi connectivity index (χ2n) is 18.2. The topological polar surface area (TPSA) is 176 Å². The van der Waals surface area contributed by atoms with Crippen LogP contribution < -0.4 is 16.0 Å². The number of likely N-dealkylation sites (N-methyl/N-ethyl adjacent to an activating group) is 3. The summed E-state index contributed by atoms with van der Waals surface area (Å²) in [6.45, 7) is 17.8. The number of nitrogens with zero attached hydrogens (tertiary/aromatic N) is 3. The molecule has 1 fully saturated rings. The van der Waals surface area contributed by atoms with Crippen molar-refractivity contribution in [3.8, 4) is 0 Å². The van der Waals surface area contributed by atoms with Crippen LogP contribution in [0.2, 0.25) is 0 Å². The Morgan fingerprint density at radius 2 is 1.44 bits per heavy atom. The van der Waals surface area contributed by atoms with Crippen LogP contribution in [-0.4, -0.2) is 148 Å². The van der Waals surface area contributed by atoms with Crippen LogP contribution in [0.5, 0.6) is 0 Å². The van der Waals surface area contributed by atoms with Gasteiger partial charge in [-0.2, -0.15) is 0 Å². The average Bonchev–Trinajstić information content (AvgIpc) is 3.73. The summed E-state index contributed by atoms with van der Waals surface area (Å²) in [5, 5.41) is 8.96. The number of hydrogen-bond acceptors (Lipinski definition) is 10. The predicted octanol–water partition coefficient (Wildman–Crippen LogP) is 4.07. The lowest BCUT2D eigenvalue weighted by Crippen LogP contribution is -2.61. The number of esters is 1. The monoisotopic (exact) mass is 873 g/mol. The molecular formula is C47H80N6O9. The van der Waals surface area contributed by atoms with Gasteiger partial charge in [0.15, 0.2) is 0 Å². The number of ether oxygens (including phenoxy) is 3. The fourth-order valence-electron chi connectivity index (χ4n) is 8.89. The van der Waals surface area contributed by atoms with Crippen LogP contribution in [0.15, 0.2) is 30.3 Å². The molecule has 5 amide bonds. The Morgan fingerprint density at radius 3 is 1.94 bits per heavy atom. The van der Waals surface area contributed by atoms with Gasteiger partial charge in [-0.25, -0.2) is 4.79 Å². The van der Waals surface area contributed by atoms with E-state index in [9.17, 15) is 28.8 Å². The van der Waals surface area contributed by atoms with E-state index in [1.807, 2.05) is 85.7 Å². The van der Waals surface area contributed by atoms with Crippen LogP contribution in [0.25, 0.3) is 0 Å². The molecule has 10 atom stereocenters. The van der Waals surface area contributed by atoms with E-state index in [0.29, 0.717) is 32.2 Å². The van der Waals surface area contributed by atoms with E-state index in [1.165, 1.54) is 26.2 Å². The molecule has 1 saturated heterocycles. The third kappa shape index (κ3) is 14.5. The third-order valence-electron chi connectivity index (χ3n) is 12.6. The minimum atomic E-state index is -0.919. The summed E-state index contributed by atoms with van der Waals surface area (Å²) in [4.78, 5) is 87.9. The van der Waals surface area contributed by atoms with E-state index in [4.69, 9.17) is 14.2 Å². The summed E-state index contributed by atoms with van der Waals surface area (Å²) in [6.07, 6.45) is 1.44. The lowest BCUT2D eigenvalue weighted by atomic mass is 9.89. The maximum Gasteiger partial charge on any atom is 0.328 e. The van der Waals surface area contributed by atoms with Crippen molar-refractivity contribution in [1.82, 2.24) is 30.7 Å². The van der Waals surface area contributed by atoms with Crippen LogP contribution in [0.4, 0.5) is 0 Å². The molecule has 1 aliphatic heterocycles. The summed E-state index contributed by atoms with van der Waals surface area (Å²) >= 11 is 0. The molecule has 1 aromatic carbocycles. The van der Waals surface area contributed by atoms with E-state index in [-0.39, 0.29) is 54.2 Å². The van der Waals surface area contributed by atoms with E-state index in [0.717, 1.165) is 5.56 Å². The minimum absolute atomic E-state index is 0.0395. The Hall–Kier alpha value is -4.08. The fourth-order valence-corrected chi connectivity index (χ4v) is 8.89. The number of benzene rings is 1. The largest absolute Gasteiger partial charge is 0.467 e. The summed E-state index contributed by atoms with van der Waals surface area (Å²) in [7, 11) is 9.40. The van der Waals surface area contributed by atoms with Crippen molar-refractivity contribution in [3.63, 3.8) is 0 Å². The Bertz CT molecular complexity index is 1590. The lowest BCUT2D eigenvalue weighted by Gasteiger charge is -2.41. The van der Waals surface area contributed by atoms with Crippen molar-refractivity contribution in [1.29, 1.82) is 0 Å². The van der Waals surface area contributed by atoms with Crippen LogP contribution in [-0.2, 0) is 49.4 Å². The number of carbonyl (C=O) groups is 6. The summed E-state index contributed by atoms with van der Waals surface area (Å²) in [5.74, 6) is -3.18. The highest BCUT2D eigenvalue weighted by Crippen LogP contribution is 2.30. The van der Waals surface area contributed by atoms with Gasteiger partial charge in [-0.1, -0.05) is 99.1 Å². The number of hydrogen-bond donors (Lipinski definition) is 3. The van der Waals surface area contributed by atoms with Gasteiger partial charge in [0, 0.05) is 41.3 Å². The molecule has 0 saturated carbocycles. The molecule has 1 heterocycles. The Morgan fingerprint density at radius 1 is 0.806 bits per heavy atom. The first-order valence-electron chi connectivity index (χ1n) is 22.5. The van der Waals surface area contributed by atoms with Crippen molar-refractivity contribution in [3.05, 3.63) is 35.9 Å². The summed E-state index contributed by atoms with van der Waals surface area (Å²) in [5.41, 5.74) is 0.864. The maximum absolute atomic E-state index is 14.6. The number of methoxy groups -OCH3 is 3. The molecule has 0 bridgehead atoms. The summed E-state index contributed by atoms with van der Waals surface area (Å²) in [6, 6.07) is 5.28. The van der Waals surface area contributed by atoms with Crippen molar-refractivity contribution >= 4 is 35.5 Å². The number of rotatable bonds is 25. The zero-order valence-corrected chi connectivity index (χ0v) is 40.4. The molecule has 1 aromatic rings. The van der Waals surface area contributed by atoms with Crippen molar-refractivity contribution in [2.24, 2.45) is 29.6 Å². The van der Waals surface area contributed by atoms with Crippen molar-refractivity contribution in [2.45, 2.75) is 149 Å². The zero-order valence-electron chi connectivity index (χ0n) is 40.4. The first-order valence-corrected chi connectivity index (χ1v) is 22.5. The molecule has 1 aliphatic rings. The van der Waals surface area contributed by atoms with Crippen LogP contribution >= 0.6 is 0 Å². The fraction of sp³-hybridized carbons (Fsp3) is 0.745. The summed E-state index contributed by atoms with van der Waals surface area (Å²) < 4.78 is 17.0. The molecule has 15 nitrogen and oxygen atoms in total. The second kappa shape index (κ2) is 25.9. The maximum atomic E-state index is 14.6. The molecule has 2 rings (SSSR count). The molecule has 0 aliphatic carbocycles. The Balaban J connectivity index is 2.32. The molecule has 352 valence electrons. The molecule has 0 spiro atoms. The van der Waals surface area contributed by atoms with Crippen LogP contribution in [0, 0.1) is 29.6 Å². The number of likely N-dealkylation sites (tertiary alicyclic amines) is 1. The molecule has 0 aromatic heterocycles. The molecule has 15 heteroatoms. The number of nitrogens with one attached hydrogen (secondary N) is 3. The van der Waals surface area contributed by atoms with Gasteiger partial charge in [-0.05, 0) is 55.5 Å². The highest BCUT2D eigenvalue weighted by molar-refractivity contribution is 5.93. The molecule has 0 radical (unpaired) electrons. The van der Waals surface area contributed by atoms with Gasteiger partial charge >= 0.3 is 5.97 Å². The van der Waals surface area contributed by atoms with Gasteiger partial charge in [0.25, 0.3) is 0 Å². The third-order valence-corrected chi connectivity index (χ3v) is 12.6. The van der Waals surface area contributed by atoms with E-state index in [1.54, 1.807) is 37.9 Å². The van der Waals surface area contributed by atoms with Crippen LogP contribution in [0.1, 0.15) is 100.0 Å². The highest BCUT2D eigenvalue weighted by Gasteiger charge is 2.44. The zero-order chi connectivity index (χ0) is 47.0. The van der Waals surface area contributed by atoms with Gasteiger partial charge in [0.05, 0.1) is 49.8 Å². The van der Waals surface area contributed by atoms with Crippen molar-refractivity contribution < 1.29 is 43.0 Å². The molecule has 62 heavy (non-hydrogen) atoms. The van der Waals surface area contributed by atoms with Gasteiger partial charge in [0.1, 0.15) is 18.1 Å². The van der Waals surface area contributed by atoms with E-state index in [2.05, 4.69) is 16.0 Å².